The van der Waals surface area contributed by atoms with Crippen molar-refractivity contribution in [2.45, 2.75) is 13.0 Å². The third-order valence-corrected chi connectivity index (χ3v) is 4.02. The van der Waals surface area contributed by atoms with Crippen molar-refractivity contribution in [2.75, 3.05) is 26.0 Å². The predicted octanol–water partition coefficient (Wildman–Crippen LogP) is 0.279. The molecule has 0 aliphatic carbocycles. The van der Waals surface area contributed by atoms with E-state index in [0.717, 1.165) is 10.5 Å². The molecule has 1 fully saturated rings. The average molecular weight is 328 g/mol. The van der Waals surface area contributed by atoms with Crippen LogP contribution in [0.15, 0.2) is 29.3 Å². The Labute approximate surface area is 139 Å². The molecule has 0 spiro atoms. The van der Waals surface area contributed by atoms with E-state index in [1.165, 1.54) is 11.2 Å². The largest absolute Gasteiger partial charge is 0.334 e. The minimum absolute atomic E-state index is 0.340. The van der Waals surface area contributed by atoms with Gasteiger partial charge in [0.05, 0.1) is 7.05 Å². The zero-order valence-corrected chi connectivity index (χ0v) is 13.7. The van der Waals surface area contributed by atoms with E-state index in [2.05, 4.69) is 10.3 Å². The number of nitrogens with one attached hydrogen (secondary N) is 1. The van der Waals surface area contributed by atoms with Crippen LogP contribution in [0, 0.1) is 6.92 Å². The molecule has 0 aromatic heterocycles. The van der Waals surface area contributed by atoms with Gasteiger partial charge in [-0.05, 0) is 24.0 Å². The second-order valence-electron chi connectivity index (χ2n) is 5.85. The number of carbonyl (C=O) groups excluding carboxylic acids is 3. The number of amides is 4. The number of hydrogen-bond acceptors (Lipinski definition) is 4. The van der Waals surface area contributed by atoms with Crippen LogP contribution in [0.25, 0.3) is 0 Å². The molecule has 0 radical (unpaired) electrons. The fourth-order valence-corrected chi connectivity index (χ4v) is 2.67. The van der Waals surface area contributed by atoms with Gasteiger partial charge in [-0.2, -0.15) is 0 Å². The molecule has 1 aromatic carbocycles. The van der Waals surface area contributed by atoms with E-state index in [9.17, 15) is 14.4 Å². The molecule has 2 aliphatic heterocycles. The highest BCUT2D eigenvalue weighted by Crippen LogP contribution is 2.17. The van der Waals surface area contributed by atoms with E-state index in [1.54, 1.807) is 30.8 Å². The molecule has 8 nitrogen and oxygen atoms in total. The molecule has 24 heavy (non-hydrogen) atoms. The van der Waals surface area contributed by atoms with Gasteiger partial charge < -0.3 is 5.32 Å². The highest BCUT2D eigenvalue weighted by Gasteiger charge is 2.51. The van der Waals surface area contributed by atoms with E-state index in [0.29, 0.717) is 11.5 Å². The van der Waals surface area contributed by atoms with Crippen molar-refractivity contribution in [3.05, 3.63) is 29.8 Å². The predicted molar refractivity (Wildman–Crippen MR) is 88.2 cm³/mol. The van der Waals surface area contributed by atoms with Crippen molar-refractivity contribution in [1.29, 1.82) is 0 Å². The lowest BCUT2D eigenvalue weighted by molar-refractivity contribution is -0.500. The third-order valence-electron chi connectivity index (χ3n) is 4.02. The summed E-state index contributed by atoms with van der Waals surface area (Å²) in [6.07, 6.45) is 1.50. The lowest BCUT2D eigenvalue weighted by Crippen LogP contribution is -2.63. The lowest BCUT2D eigenvalue weighted by Gasteiger charge is -2.32. The number of amidine groups is 1. The monoisotopic (exact) mass is 328 g/mol. The summed E-state index contributed by atoms with van der Waals surface area (Å²) in [5, 5.41) is 2.69. The number of carbonyl (C=O) groups is 3. The maximum atomic E-state index is 12.6. The minimum atomic E-state index is -0.667. The first-order valence-electron chi connectivity index (χ1n) is 7.47. The Hall–Kier alpha value is -3.03. The molecular formula is C16H18N5O3+. The Morgan fingerprint density at radius 1 is 1.29 bits per heavy atom. The Morgan fingerprint density at radius 3 is 2.62 bits per heavy atom. The standard InChI is InChI=1S/C16H17N5O3/c1-10-4-6-11(7-5-10)18-12(22)8-21-15(23)13-14(17-9-19(13)2)20(3)16(21)24/h4-7,9,13H,8H2,1-3H3/p+1. The molecule has 1 saturated heterocycles. The van der Waals surface area contributed by atoms with Crippen molar-refractivity contribution in [1.82, 2.24) is 9.80 Å². The summed E-state index contributed by atoms with van der Waals surface area (Å²) in [7, 11) is 3.24. The molecule has 0 bridgehead atoms. The van der Waals surface area contributed by atoms with Crippen molar-refractivity contribution in [3.63, 3.8) is 0 Å². The van der Waals surface area contributed by atoms with Crippen molar-refractivity contribution in [2.24, 2.45) is 4.99 Å². The molecule has 124 valence electrons. The average Bonchev–Trinajstić information content (AvgIpc) is 2.94. The summed E-state index contributed by atoms with van der Waals surface area (Å²) in [6, 6.07) is 6.05. The molecule has 1 atom stereocenters. The number of nitrogens with zero attached hydrogens (tertiary/aromatic N) is 4. The fraction of sp³-hybridized carbons (Fsp3) is 0.312. The Balaban J connectivity index is 1.74. The van der Waals surface area contributed by atoms with E-state index in [-0.39, 0.29) is 6.54 Å². The number of aryl methyl sites for hydroxylation is 1. The van der Waals surface area contributed by atoms with Gasteiger partial charge in [0.25, 0.3) is 24.1 Å². The van der Waals surface area contributed by atoms with Crippen LogP contribution in [-0.4, -0.2) is 71.1 Å². The van der Waals surface area contributed by atoms with Gasteiger partial charge in [-0.1, -0.05) is 17.7 Å². The van der Waals surface area contributed by atoms with Crippen LogP contribution in [0.2, 0.25) is 0 Å². The summed E-state index contributed by atoms with van der Waals surface area (Å²) in [4.78, 5) is 43.5. The summed E-state index contributed by atoms with van der Waals surface area (Å²) >= 11 is 0. The molecule has 8 heteroatoms. The molecule has 3 rings (SSSR count). The Morgan fingerprint density at radius 2 is 1.96 bits per heavy atom. The fourth-order valence-electron chi connectivity index (χ4n) is 2.67. The normalized spacial score (nSPS) is 19.9. The maximum absolute atomic E-state index is 12.6. The number of anilines is 1. The van der Waals surface area contributed by atoms with Crippen molar-refractivity contribution >= 4 is 35.7 Å². The van der Waals surface area contributed by atoms with E-state index < -0.39 is 23.9 Å². The summed E-state index contributed by atoms with van der Waals surface area (Å²) in [5.74, 6) is -0.506. The molecular weight excluding hydrogens is 310 g/mol. The molecule has 4 amide bonds. The maximum Gasteiger partial charge on any atom is 0.334 e. The number of likely N-dealkylation sites (N-methyl/N-ethyl adjacent to an activating group) is 2. The Kier molecular flexibility index (Phi) is 3.88. The van der Waals surface area contributed by atoms with Crippen LogP contribution in [-0.2, 0) is 9.59 Å². The van der Waals surface area contributed by atoms with E-state index in [4.69, 9.17) is 0 Å². The van der Waals surface area contributed by atoms with Crippen LogP contribution >= 0.6 is 0 Å². The SMILES string of the molecule is Cc1ccc(NC(=O)CN2C(=O)C3C(=NC=[N+]3C)N(C)C2=O)cc1. The first kappa shape index (κ1) is 15.9. The van der Waals surface area contributed by atoms with Crippen LogP contribution in [0.1, 0.15) is 5.56 Å². The van der Waals surface area contributed by atoms with Gasteiger partial charge in [-0.3, -0.25) is 19.4 Å². The van der Waals surface area contributed by atoms with Gasteiger partial charge in [0.1, 0.15) is 6.54 Å². The number of urea groups is 1. The zero-order valence-electron chi connectivity index (χ0n) is 13.7. The zero-order chi connectivity index (χ0) is 17.4. The van der Waals surface area contributed by atoms with Gasteiger partial charge in [0.2, 0.25) is 5.91 Å². The van der Waals surface area contributed by atoms with Gasteiger partial charge >= 0.3 is 6.03 Å². The van der Waals surface area contributed by atoms with Gasteiger partial charge in [0.15, 0.2) is 0 Å². The third kappa shape index (κ3) is 2.66. The molecule has 1 unspecified atom stereocenters. The second kappa shape index (κ2) is 5.88. The summed E-state index contributed by atoms with van der Waals surface area (Å²) < 4.78 is 1.62. The van der Waals surface area contributed by atoms with Gasteiger partial charge in [0, 0.05) is 12.7 Å². The second-order valence-corrected chi connectivity index (χ2v) is 5.85. The van der Waals surface area contributed by atoms with Gasteiger partial charge in [-0.15, -0.1) is 0 Å². The topological polar surface area (TPSA) is 85.1 Å². The number of benzene rings is 1. The first-order chi connectivity index (χ1) is 11.4. The molecule has 1 N–H and O–H groups in total. The van der Waals surface area contributed by atoms with E-state index >= 15 is 0 Å². The number of fused-ring (bicyclic) bond motifs is 1. The van der Waals surface area contributed by atoms with Crippen LogP contribution in [0.3, 0.4) is 0 Å². The van der Waals surface area contributed by atoms with E-state index in [1.807, 2.05) is 19.1 Å². The number of rotatable bonds is 3. The van der Waals surface area contributed by atoms with Crippen molar-refractivity contribution < 1.29 is 19.0 Å². The lowest BCUT2D eigenvalue weighted by atomic mass is 10.1. The highest BCUT2D eigenvalue weighted by molar-refractivity contribution is 6.22. The van der Waals surface area contributed by atoms with Gasteiger partial charge in [-0.25, -0.2) is 9.37 Å². The Bertz CT molecular complexity index is 781. The molecule has 1 aromatic rings. The summed E-state index contributed by atoms with van der Waals surface area (Å²) in [5.41, 5.74) is 1.69. The number of hydrogen-bond donors (Lipinski definition) is 1. The first-order valence-corrected chi connectivity index (χ1v) is 7.47. The van der Waals surface area contributed by atoms with Crippen LogP contribution in [0.5, 0.6) is 0 Å². The minimum Gasteiger partial charge on any atom is -0.325 e. The molecule has 2 aliphatic rings. The number of imide groups is 1. The molecule has 2 heterocycles. The highest BCUT2D eigenvalue weighted by atomic mass is 16.2. The smallest absolute Gasteiger partial charge is 0.325 e. The van der Waals surface area contributed by atoms with Crippen molar-refractivity contribution in [3.8, 4) is 0 Å². The van der Waals surface area contributed by atoms with Crippen LogP contribution < -0.4 is 5.32 Å². The quantitative estimate of drug-likeness (QED) is 0.809. The molecule has 0 saturated carbocycles. The summed E-state index contributed by atoms with van der Waals surface area (Å²) in [6.45, 7) is 1.61. The van der Waals surface area contributed by atoms with Crippen LogP contribution in [0.4, 0.5) is 10.5 Å². The number of aliphatic imine (C=N–C) groups is 1.